The van der Waals surface area contributed by atoms with Gasteiger partial charge >= 0.3 is 6.03 Å². The Labute approximate surface area is 135 Å². The molecule has 3 rings (SSSR count). The van der Waals surface area contributed by atoms with E-state index in [2.05, 4.69) is 10.3 Å². The van der Waals surface area contributed by atoms with Gasteiger partial charge in [0.1, 0.15) is 18.1 Å². The molecule has 7 heteroatoms. The number of aromatic nitrogens is 2. The van der Waals surface area contributed by atoms with Crippen molar-refractivity contribution < 1.29 is 13.9 Å². The van der Waals surface area contributed by atoms with Gasteiger partial charge in [0.25, 0.3) is 0 Å². The fourth-order valence-corrected chi connectivity index (χ4v) is 2.91. The lowest BCUT2D eigenvalue weighted by molar-refractivity contribution is 0.156. The maximum Gasteiger partial charge on any atom is 0.318 e. The minimum Gasteiger partial charge on any atom is -0.461 e. The van der Waals surface area contributed by atoms with E-state index in [1.807, 2.05) is 27.8 Å². The Bertz CT molecular complexity index is 623. The van der Waals surface area contributed by atoms with Crippen molar-refractivity contribution in [2.75, 3.05) is 20.2 Å². The number of methoxy groups -OCH3 is 1. The Kier molecular flexibility index (Phi) is 4.97. The molecule has 1 aliphatic heterocycles. The highest BCUT2D eigenvalue weighted by molar-refractivity contribution is 5.75. The number of nitrogens with one attached hydrogen (secondary N) is 1. The maximum atomic E-state index is 12.4. The van der Waals surface area contributed by atoms with E-state index in [1.165, 1.54) is 0 Å². The van der Waals surface area contributed by atoms with Crippen LogP contribution < -0.4 is 5.32 Å². The van der Waals surface area contributed by atoms with E-state index in [-0.39, 0.29) is 12.1 Å². The molecule has 0 aliphatic carbocycles. The van der Waals surface area contributed by atoms with Gasteiger partial charge in [-0.25, -0.2) is 9.78 Å². The highest BCUT2D eigenvalue weighted by Gasteiger charge is 2.32. The Morgan fingerprint density at radius 3 is 3.22 bits per heavy atom. The van der Waals surface area contributed by atoms with Crippen LogP contribution in [0.1, 0.15) is 30.4 Å². The lowest BCUT2D eigenvalue weighted by atomic mass is 10.2. The summed E-state index contributed by atoms with van der Waals surface area (Å²) >= 11 is 0. The van der Waals surface area contributed by atoms with E-state index in [9.17, 15) is 4.79 Å². The number of hydrogen-bond donors (Lipinski definition) is 1. The number of ether oxygens (including phenoxy) is 1. The SMILES string of the molecule is COCc1ccc([C@@H]2CCCN2C(=O)NCCn2ccnc2)o1. The van der Waals surface area contributed by atoms with Crippen LogP contribution in [-0.4, -0.2) is 40.7 Å². The molecule has 7 nitrogen and oxygen atoms in total. The topological polar surface area (TPSA) is 72.5 Å². The number of hydrogen-bond acceptors (Lipinski definition) is 4. The van der Waals surface area contributed by atoms with Crippen LogP contribution in [0.2, 0.25) is 0 Å². The van der Waals surface area contributed by atoms with Crippen LogP contribution in [-0.2, 0) is 17.9 Å². The average Bonchev–Trinajstić information content (AvgIpc) is 3.28. The van der Waals surface area contributed by atoms with Crippen molar-refractivity contribution in [3.63, 3.8) is 0 Å². The van der Waals surface area contributed by atoms with Gasteiger partial charge in [-0.05, 0) is 25.0 Å². The number of furan rings is 1. The van der Waals surface area contributed by atoms with Crippen LogP contribution in [0.5, 0.6) is 0 Å². The quantitative estimate of drug-likeness (QED) is 0.886. The summed E-state index contributed by atoms with van der Waals surface area (Å²) in [6.07, 6.45) is 7.26. The molecule has 2 amide bonds. The largest absolute Gasteiger partial charge is 0.461 e. The smallest absolute Gasteiger partial charge is 0.318 e. The molecule has 1 aliphatic rings. The van der Waals surface area contributed by atoms with Gasteiger partial charge in [-0.2, -0.15) is 0 Å². The van der Waals surface area contributed by atoms with E-state index >= 15 is 0 Å². The molecular formula is C16H22N4O3. The highest BCUT2D eigenvalue weighted by Crippen LogP contribution is 2.33. The van der Waals surface area contributed by atoms with Crippen LogP contribution in [0.25, 0.3) is 0 Å². The van der Waals surface area contributed by atoms with Crippen molar-refractivity contribution in [1.29, 1.82) is 0 Å². The molecule has 0 saturated carbocycles. The van der Waals surface area contributed by atoms with Crippen LogP contribution in [0.3, 0.4) is 0 Å². The molecule has 0 unspecified atom stereocenters. The third-order valence-corrected chi connectivity index (χ3v) is 4.02. The standard InChI is InChI=1S/C16H22N4O3/c1-22-11-13-4-5-15(23-13)14-3-2-8-20(14)16(21)18-7-10-19-9-6-17-12-19/h4-6,9,12,14H,2-3,7-8,10-11H2,1H3,(H,18,21)/t14-/m0/s1. The van der Waals surface area contributed by atoms with Crippen LogP contribution in [0.4, 0.5) is 4.79 Å². The predicted octanol–water partition coefficient (Wildman–Crippen LogP) is 2.17. The number of rotatable bonds is 6. The summed E-state index contributed by atoms with van der Waals surface area (Å²) in [5, 5.41) is 2.97. The van der Waals surface area contributed by atoms with E-state index in [0.717, 1.165) is 30.9 Å². The first kappa shape index (κ1) is 15.6. The van der Waals surface area contributed by atoms with Gasteiger partial charge < -0.3 is 23.9 Å². The van der Waals surface area contributed by atoms with Crippen molar-refractivity contribution >= 4 is 6.03 Å². The van der Waals surface area contributed by atoms with Crippen LogP contribution >= 0.6 is 0 Å². The second kappa shape index (κ2) is 7.32. The molecule has 0 radical (unpaired) electrons. The predicted molar refractivity (Wildman–Crippen MR) is 83.7 cm³/mol. The first-order chi connectivity index (χ1) is 11.3. The lowest BCUT2D eigenvalue weighted by Gasteiger charge is -2.23. The number of urea groups is 1. The molecule has 0 spiro atoms. The second-order valence-corrected chi connectivity index (χ2v) is 5.62. The van der Waals surface area contributed by atoms with Gasteiger partial charge in [-0.3, -0.25) is 0 Å². The normalized spacial score (nSPS) is 17.6. The minimum atomic E-state index is -0.0442. The molecule has 124 valence electrons. The van der Waals surface area contributed by atoms with Gasteiger partial charge in [0.2, 0.25) is 0 Å². The van der Waals surface area contributed by atoms with Gasteiger partial charge in [-0.1, -0.05) is 0 Å². The number of nitrogens with zero attached hydrogens (tertiary/aromatic N) is 3. The third-order valence-electron chi connectivity index (χ3n) is 4.02. The van der Waals surface area contributed by atoms with Crippen molar-refractivity contribution in [3.8, 4) is 0 Å². The highest BCUT2D eigenvalue weighted by atomic mass is 16.5. The molecule has 2 aromatic heterocycles. The first-order valence-corrected chi connectivity index (χ1v) is 7.85. The molecule has 23 heavy (non-hydrogen) atoms. The zero-order chi connectivity index (χ0) is 16.1. The second-order valence-electron chi connectivity index (χ2n) is 5.62. The summed E-state index contributed by atoms with van der Waals surface area (Å²) in [7, 11) is 1.64. The summed E-state index contributed by atoms with van der Waals surface area (Å²) in [6.45, 7) is 2.49. The van der Waals surface area contributed by atoms with E-state index in [4.69, 9.17) is 9.15 Å². The molecular weight excluding hydrogens is 296 g/mol. The van der Waals surface area contributed by atoms with Gasteiger partial charge in [0.15, 0.2) is 0 Å². The van der Waals surface area contributed by atoms with E-state index in [0.29, 0.717) is 19.7 Å². The summed E-state index contributed by atoms with van der Waals surface area (Å²) in [4.78, 5) is 18.2. The molecule has 3 heterocycles. The van der Waals surface area contributed by atoms with Crippen molar-refractivity contribution in [1.82, 2.24) is 19.8 Å². The van der Waals surface area contributed by atoms with E-state index in [1.54, 1.807) is 19.6 Å². The number of imidazole rings is 1. The van der Waals surface area contributed by atoms with Gasteiger partial charge in [-0.15, -0.1) is 0 Å². The summed E-state index contributed by atoms with van der Waals surface area (Å²) in [5.74, 6) is 1.62. The zero-order valence-electron chi connectivity index (χ0n) is 13.3. The molecule has 1 saturated heterocycles. The average molecular weight is 318 g/mol. The number of carbonyl (C=O) groups excluding carboxylic acids is 1. The fraction of sp³-hybridized carbons (Fsp3) is 0.500. The number of amides is 2. The molecule has 2 aromatic rings. The molecule has 0 aromatic carbocycles. The van der Waals surface area contributed by atoms with Crippen molar-refractivity contribution in [3.05, 3.63) is 42.4 Å². The lowest BCUT2D eigenvalue weighted by Crippen LogP contribution is -2.40. The Hall–Kier alpha value is -2.28. The van der Waals surface area contributed by atoms with Gasteiger partial charge in [0, 0.05) is 39.1 Å². The maximum absolute atomic E-state index is 12.4. The zero-order valence-corrected chi connectivity index (χ0v) is 13.3. The third kappa shape index (κ3) is 3.73. The number of carbonyl (C=O) groups is 1. The van der Waals surface area contributed by atoms with Crippen LogP contribution in [0, 0.1) is 0 Å². The molecule has 0 bridgehead atoms. The monoisotopic (exact) mass is 318 g/mol. The molecule has 1 fully saturated rings. The van der Waals surface area contributed by atoms with Crippen molar-refractivity contribution in [2.45, 2.75) is 32.0 Å². The fourth-order valence-electron chi connectivity index (χ4n) is 2.91. The Balaban J connectivity index is 1.55. The summed E-state index contributed by atoms with van der Waals surface area (Å²) in [6, 6.07) is 3.81. The van der Waals surface area contributed by atoms with Crippen molar-refractivity contribution in [2.24, 2.45) is 0 Å². The minimum absolute atomic E-state index is 0.00820. The summed E-state index contributed by atoms with van der Waals surface area (Å²) < 4.78 is 12.8. The van der Waals surface area contributed by atoms with Crippen LogP contribution in [0.15, 0.2) is 35.3 Å². The van der Waals surface area contributed by atoms with E-state index < -0.39 is 0 Å². The molecule has 1 atom stereocenters. The van der Waals surface area contributed by atoms with Gasteiger partial charge in [0.05, 0.1) is 12.4 Å². The summed E-state index contributed by atoms with van der Waals surface area (Å²) in [5.41, 5.74) is 0. The molecule has 1 N–H and O–H groups in total. The Morgan fingerprint density at radius 1 is 1.52 bits per heavy atom. The number of likely N-dealkylation sites (tertiary alicyclic amines) is 1. The Morgan fingerprint density at radius 2 is 2.43 bits per heavy atom. The first-order valence-electron chi connectivity index (χ1n) is 7.85.